The fraction of sp³-hybridized carbons (Fsp3) is 0.417. The molecule has 2 atom stereocenters. The average Bonchev–Trinajstić information content (AvgIpc) is 3.35. The lowest BCUT2D eigenvalue weighted by Gasteiger charge is -2.33. The van der Waals surface area contributed by atoms with Gasteiger partial charge in [-0.05, 0) is 61.3 Å². The third-order valence-corrected chi connectivity index (χ3v) is 7.23. The minimum atomic E-state index is -1.02. The van der Waals surface area contributed by atoms with E-state index in [4.69, 9.17) is 9.15 Å². The van der Waals surface area contributed by atoms with Gasteiger partial charge in [-0.3, -0.25) is 4.79 Å². The van der Waals surface area contributed by atoms with Gasteiger partial charge in [0.2, 0.25) is 0 Å². The zero-order valence-corrected chi connectivity index (χ0v) is 19.3. The van der Waals surface area contributed by atoms with Gasteiger partial charge < -0.3 is 14.5 Å². The number of hydrogen-bond acceptors (Lipinski definition) is 7. The minimum Gasteiger partial charge on any atom is -0.449 e. The number of fused-ring (bicyclic) bond motifs is 2. The van der Waals surface area contributed by atoms with Crippen molar-refractivity contribution in [1.29, 1.82) is 5.26 Å². The smallest absolute Gasteiger partial charge is 0.338 e. The second kappa shape index (κ2) is 8.40. The lowest BCUT2D eigenvalue weighted by Crippen LogP contribution is -2.30. The van der Waals surface area contributed by atoms with E-state index >= 15 is 0 Å². The van der Waals surface area contributed by atoms with Crippen LogP contribution in [0, 0.1) is 22.7 Å². The molecular formula is C24H25N3O4S. The molecule has 7 nitrogen and oxygen atoms in total. The van der Waals surface area contributed by atoms with E-state index in [0.29, 0.717) is 27.6 Å². The molecule has 0 fully saturated rings. The Morgan fingerprint density at radius 1 is 1.38 bits per heavy atom. The van der Waals surface area contributed by atoms with Gasteiger partial charge in [-0.2, -0.15) is 5.26 Å². The number of ether oxygens (including phenoxy) is 1. The summed E-state index contributed by atoms with van der Waals surface area (Å²) >= 11 is 1.46. The van der Waals surface area contributed by atoms with E-state index in [1.807, 2.05) is 0 Å². The Bertz CT molecular complexity index is 1230. The number of oxazole rings is 1. The molecule has 1 amide bonds. The van der Waals surface area contributed by atoms with Crippen molar-refractivity contribution >= 4 is 39.3 Å². The Kier molecular flexibility index (Phi) is 5.78. The Labute approximate surface area is 190 Å². The summed E-state index contributed by atoms with van der Waals surface area (Å²) in [5, 5.41) is 13.0. The van der Waals surface area contributed by atoms with Crippen LogP contribution in [0.1, 0.15) is 60.5 Å². The third kappa shape index (κ3) is 4.26. The Morgan fingerprint density at radius 3 is 2.88 bits per heavy atom. The van der Waals surface area contributed by atoms with Crippen LogP contribution in [0.4, 0.5) is 5.00 Å². The van der Waals surface area contributed by atoms with Crippen LogP contribution in [0.5, 0.6) is 0 Å². The first-order chi connectivity index (χ1) is 15.2. The van der Waals surface area contributed by atoms with Crippen molar-refractivity contribution in [2.45, 2.75) is 53.1 Å². The molecule has 0 saturated heterocycles. The first-order valence-corrected chi connectivity index (χ1v) is 11.4. The van der Waals surface area contributed by atoms with Gasteiger partial charge in [-0.1, -0.05) is 20.8 Å². The van der Waals surface area contributed by atoms with Crippen LogP contribution in [0.2, 0.25) is 0 Å². The summed E-state index contributed by atoms with van der Waals surface area (Å²) in [6, 6.07) is 7.00. The van der Waals surface area contributed by atoms with Crippen LogP contribution in [0.3, 0.4) is 0 Å². The van der Waals surface area contributed by atoms with Crippen molar-refractivity contribution in [3.63, 3.8) is 0 Å². The lowest BCUT2D eigenvalue weighted by molar-refractivity contribution is -0.123. The van der Waals surface area contributed by atoms with Gasteiger partial charge in [0.1, 0.15) is 16.6 Å². The number of benzene rings is 1. The molecule has 0 spiro atoms. The number of esters is 1. The first kappa shape index (κ1) is 22.0. The van der Waals surface area contributed by atoms with Crippen molar-refractivity contribution in [2.24, 2.45) is 11.3 Å². The Morgan fingerprint density at radius 2 is 2.16 bits per heavy atom. The summed E-state index contributed by atoms with van der Waals surface area (Å²) < 4.78 is 10.5. The van der Waals surface area contributed by atoms with Gasteiger partial charge in [-0.15, -0.1) is 11.3 Å². The molecular weight excluding hydrogens is 426 g/mol. The summed E-state index contributed by atoms with van der Waals surface area (Å²) in [4.78, 5) is 30.4. The Hall–Kier alpha value is -3.18. The number of carbonyl (C=O) groups excluding carboxylic acids is 2. The number of nitrogens with zero attached hydrogens (tertiary/aromatic N) is 2. The van der Waals surface area contributed by atoms with E-state index in [0.717, 1.165) is 29.7 Å². The van der Waals surface area contributed by atoms with Crippen LogP contribution in [0.15, 0.2) is 29.0 Å². The maximum absolute atomic E-state index is 12.7. The van der Waals surface area contributed by atoms with E-state index in [1.165, 1.54) is 24.7 Å². The number of hydrogen-bond donors (Lipinski definition) is 1. The summed E-state index contributed by atoms with van der Waals surface area (Å²) in [7, 11) is 0. The number of nitrogens with one attached hydrogen (secondary N) is 1. The van der Waals surface area contributed by atoms with Crippen LogP contribution in [0.25, 0.3) is 11.1 Å². The highest BCUT2D eigenvalue weighted by Gasteiger charge is 2.33. The number of anilines is 1. The van der Waals surface area contributed by atoms with Crippen molar-refractivity contribution in [2.75, 3.05) is 5.32 Å². The van der Waals surface area contributed by atoms with Crippen LogP contribution in [-0.2, 0) is 22.4 Å². The molecule has 1 aliphatic carbocycles. The molecule has 3 aromatic rings. The fourth-order valence-electron chi connectivity index (χ4n) is 4.01. The van der Waals surface area contributed by atoms with E-state index < -0.39 is 18.0 Å². The van der Waals surface area contributed by atoms with Gasteiger partial charge >= 0.3 is 5.97 Å². The molecule has 2 unspecified atom stereocenters. The first-order valence-electron chi connectivity index (χ1n) is 10.6. The molecule has 0 radical (unpaired) electrons. The molecule has 4 rings (SSSR count). The molecule has 166 valence electrons. The zero-order chi connectivity index (χ0) is 23.0. The monoisotopic (exact) mass is 451 g/mol. The van der Waals surface area contributed by atoms with Gasteiger partial charge in [0.05, 0.1) is 11.1 Å². The molecule has 1 aliphatic rings. The van der Waals surface area contributed by atoms with Gasteiger partial charge in [0.25, 0.3) is 5.91 Å². The summed E-state index contributed by atoms with van der Waals surface area (Å²) in [5.74, 6) is -0.564. The number of carbonyl (C=O) groups is 2. The highest BCUT2D eigenvalue weighted by molar-refractivity contribution is 7.16. The molecule has 0 bridgehead atoms. The van der Waals surface area contributed by atoms with Crippen molar-refractivity contribution in [3.8, 4) is 6.07 Å². The quantitative estimate of drug-likeness (QED) is 0.554. The van der Waals surface area contributed by atoms with Crippen molar-refractivity contribution < 1.29 is 18.7 Å². The molecule has 0 saturated carbocycles. The predicted molar refractivity (Wildman–Crippen MR) is 122 cm³/mol. The normalized spacial score (nSPS) is 16.8. The second-order valence-corrected chi connectivity index (χ2v) is 10.3. The maximum Gasteiger partial charge on any atom is 0.338 e. The topological polar surface area (TPSA) is 105 Å². The highest BCUT2D eigenvalue weighted by atomic mass is 32.1. The Balaban J connectivity index is 1.46. The standard InChI is InChI=1S/C24H25N3O4S/c1-13(31-23(29)14-5-8-19-18(9-14)26-12-30-19)21(28)27-22-17(11-25)16-7-6-15(24(2,3)4)10-20(16)32-22/h5,8-9,12-13,15H,6-7,10H2,1-4H3,(H,27,28). The van der Waals surface area contributed by atoms with E-state index in [1.54, 1.807) is 18.2 Å². The highest BCUT2D eigenvalue weighted by Crippen LogP contribution is 2.44. The molecule has 32 heavy (non-hydrogen) atoms. The molecule has 1 aromatic carbocycles. The van der Waals surface area contributed by atoms with Crippen LogP contribution >= 0.6 is 11.3 Å². The molecule has 8 heteroatoms. The van der Waals surface area contributed by atoms with Crippen LogP contribution in [-0.4, -0.2) is 23.0 Å². The minimum absolute atomic E-state index is 0.190. The number of amides is 1. The average molecular weight is 452 g/mol. The van der Waals surface area contributed by atoms with Gasteiger partial charge in [0, 0.05) is 4.88 Å². The molecule has 0 aliphatic heterocycles. The number of nitriles is 1. The van der Waals surface area contributed by atoms with Gasteiger partial charge in [0.15, 0.2) is 18.1 Å². The molecule has 2 aromatic heterocycles. The SMILES string of the molecule is CC(OC(=O)c1ccc2ocnc2c1)C(=O)Nc1sc2c(c1C#N)CCC(C(C)(C)C)C2. The molecule has 2 heterocycles. The van der Waals surface area contributed by atoms with Crippen molar-refractivity contribution in [1.82, 2.24) is 4.98 Å². The number of aromatic nitrogens is 1. The lowest BCUT2D eigenvalue weighted by atomic mass is 9.72. The van der Waals surface area contributed by atoms with E-state index in [2.05, 4.69) is 37.1 Å². The fourth-order valence-corrected chi connectivity index (χ4v) is 5.29. The largest absolute Gasteiger partial charge is 0.449 e. The van der Waals surface area contributed by atoms with Crippen LogP contribution < -0.4 is 5.32 Å². The predicted octanol–water partition coefficient (Wildman–Crippen LogP) is 5.10. The summed E-state index contributed by atoms with van der Waals surface area (Å²) in [6.45, 7) is 8.22. The van der Waals surface area contributed by atoms with E-state index in [9.17, 15) is 14.9 Å². The number of rotatable bonds is 4. The van der Waals surface area contributed by atoms with Crippen molar-refractivity contribution in [3.05, 3.63) is 46.2 Å². The second-order valence-electron chi connectivity index (χ2n) is 9.20. The van der Waals surface area contributed by atoms with Gasteiger partial charge in [-0.25, -0.2) is 9.78 Å². The number of thiophene rings is 1. The third-order valence-electron chi connectivity index (χ3n) is 6.06. The van der Waals surface area contributed by atoms with E-state index in [-0.39, 0.29) is 11.0 Å². The zero-order valence-electron chi connectivity index (χ0n) is 18.5. The molecule has 1 N–H and O–H groups in total. The summed E-state index contributed by atoms with van der Waals surface area (Å²) in [5.41, 5.74) is 3.14. The maximum atomic E-state index is 12.7. The summed E-state index contributed by atoms with van der Waals surface area (Å²) in [6.07, 6.45) is 3.04.